The number of nitrogens with one attached hydrogen (secondary N) is 1. The summed E-state index contributed by atoms with van der Waals surface area (Å²) in [6.07, 6.45) is 3.70. The van der Waals surface area contributed by atoms with E-state index in [9.17, 15) is 0 Å². The fourth-order valence-corrected chi connectivity index (χ4v) is 1.08. The van der Waals surface area contributed by atoms with Crippen LogP contribution >= 0.6 is 12.4 Å². The minimum atomic E-state index is 0. The summed E-state index contributed by atoms with van der Waals surface area (Å²) in [6, 6.07) is 0.392. The zero-order chi connectivity index (χ0) is 5.82. The highest BCUT2D eigenvalue weighted by Crippen LogP contribution is 2.04. The zero-order valence-electron chi connectivity index (χ0n) is 5.47. The molecule has 1 rings (SSSR count). The Morgan fingerprint density at radius 1 is 1.44 bits per heavy atom. The van der Waals surface area contributed by atoms with E-state index in [-0.39, 0.29) is 12.4 Å². The molecule has 0 spiro atoms. The van der Waals surface area contributed by atoms with E-state index in [0.717, 1.165) is 13.0 Å². The smallest absolute Gasteiger partial charge is 0.0584 e. The summed E-state index contributed by atoms with van der Waals surface area (Å²) in [5.74, 6) is 0. The molecule has 1 fully saturated rings. The lowest BCUT2D eigenvalue weighted by Gasteiger charge is -2.20. The van der Waals surface area contributed by atoms with Gasteiger partial charge in [-0.25, -0.2) is 0 Å². The predicted octanol–water partition coefficient (Wildman–Crippen LogP) is 0.543. The number of rotatable bonds is 1. The molecule has 1 saturated heterocycles. The number of halogens is 1. The molecule has 0 saturated carbocycles. The van der Waals surface area contributed by atoms with E-state index >= 15 is 0 Å². The van der Waals surface area contributed by atoms with Crippen LogP contribution in [0.1, 0.15) is 19.3 Å². The van der Waals surface area contributed by atoms with Crippen LogP contribution in [0.25, 0.3) is 0 Å². The van der Waals surface area contributed by atoms with Crippen molar-refractivity contribution in [2.45, 2.75) is 25.3 Å². The highest BCUT2D eigenvalue weighted by molar-refractivity contribution is 5.85. The molecule has 2 nitrogen and oxygen atoms in total. The van der Waals surface area contributed by atoms with Gasteiger partial charge in [0.1, 0.15) is 0 Å². The number of aliphatic hydroxyl groups excluding tert-OH is 1. The molecule has 1 atom stereocenters. The molecule has 0 radical (unpaired) electrons. The molecule has 0 amide bonds. The molecule has 3 heteroatoms. The Kier molecular flexibility index (Phi) is 5.15. The third-order valence-electron chi connectivity index (χ3n) is 1.63. The molecule has 1 aliphatic heterocycles. The average molecular weight is 152 g/mol. The van der Waals surface area contributed by atoms with Gasteiger partial charge in [-0.2, -0.15) is 0 Å². The van der Waals surface area contributed by atoms with Gasteiger partial charge in [0.2, 0.25) is 0 Å². The summed E-state index contributed by atoms with van der Waals surface area (Å²) >= 11 is 0. The van der Waals surface area contributed by atoms with Crippen LogP contribution in [-0.2, 0) is 0 Å². The third-order valence-corrected chi connectivity index (χ3v) is 1.63. The van der Waals surface area contributed by atoms with Crippen molar-refractivity contribution in [1.29, 1.82) is 0 Å². The molecule has 56 valence electrons. The molecule has 0 bridgehead atoms. The first kappa shape index (κ1) is 9.21. The fraction of sp³-hybridized carbons (Fsp3) is 1.00. The Morgan fingerprint density at radius 3 is 2.56 bits per heavy atom. The first-order valence-electron chi connectivity index (χ1n) is 3.27. The van der Waals surface area contributed by atoms with Gasteiger partial charge in [-0.1, -0.05) is 6.42 Å². The molecule has 0 aromatic heterocycles. The lowest BCUT2D eigenvalue weighted by Crippen LogP contribution is -2.36. The largest absolute Gasteiger partial charge is 0.395 e. The Bertz CT molecular complexity index is 64.1. The van der Waals surface area contributed by atoms with Crippen LogP contribution in [0.4, 0.5) is 0 Å². The van der Waals surface area contributed by atoms with Crippen LogP contribution in [0.3, 0.4) is 0 Å². The second kappa shape index (κ2) is 5.03. The standard InChI is InChI=1S/C6H13NO.ClH/c8-5-6-3-1-2-4-7-6;/h6-8H,1-5H2;1H. The number of hydrogen-bond acceptors (Lipinski definition) is 2. The molecule has 0 aromatic carbocycles. The topological polar surface area (TPSA) is 32.3 Å². The number of hydrogen-bond donors (Lipinski definition) is 2. The molecule has 2 N–H and O–H groups in total. The molecule has 9 heavy (non-hydrogen) atoms. The summed E-state index contributed by atoms with van der Waals surface area (Å²) < 4.78 is 0. The van der Waals surface area contributed by atoms with E-state index in [4.69, 9.17) is 5.11 Å². The number of piperidine rings is 1. The molecular formula is C6H14ClNO. The molecular weight excluding hydrogens is 138 g/mol. The Morgan fingerprint density at radius 2 is 2.22 bits per heavy atom. The lowest BCUT2D eigenvalue weighted by molar-refractivity contribution is 0.220. The van der Waals surface area contributed by atoms with Crippen molar-refractivity contribution in [3.05, 3.63) is 0 Å². The van der Waals surface area contributed by atoms with Crippen molar-refractivity contribution in [3.63, 3.8) is 0 Å². The van der Waals surface area contributed by atoms with Crippen LogP contribution < -0.4 is 5.32 Å². The summed E-state index contributed by atoms with van der Waals surface area (Å²) in [7, 11) is 0. The van der Waals surface area contributed by atoms with Crippen LogP contribution in [-0.4, -0.2) is 24.3 Å². The lowest BCUT2D eigenvalue weighted by atomic mass is 10.1. The Labute approximate surface area is 62.1 Å². The van der Waals surface area contributed by atoms with Gasteiger partial charge in [0.15, 0.2) is 0 Å². The maximum atomic E-state index is 8.63. The average Bonchev–Trinajstić information content (AvgIpc) is 1.90. The van der Waals surface area contributed by atoms with Crippen molar-refractivity contribution in [2.75, 3.05) is 13.2 Å². The molecule has 1 aliphatic rings. The van der Waals surface area contributed by atoms with Gasteiger partial charge in [0.05, 0.1) is 6.61 Å². The minimum absolute atomic E-state index is 0. The second-order valence-corrected chi connectivity index (χ2v) is 2.33. The van der Waals surface area contributed by atoms with E-state index in [0.29, 0.717) is 12.6 Å². The highest BCUT2D eigenvalue weighted by atomic mass is 35.5. The molecule has 0 aliphatic carbocycles. The fourth-order valence-electron chi connectivity index (χ4n) is 1.08. The Balaban J connectivity index is 0.000000640. The SMILES string of the molecule is Cl.OCC1CCCCN1. The van der Waals surface area contributed by atoms with E-state index in [2.05, 4.69) is 5.32 Å². The van der Waals surface area contributed by atoms with Gasteiger partial charge in [-0.15, -0.1) is 12.4 Å². The van der Waals surface area contributed by atoms with E-state index in [1.807, 2.05) is 0 Å². The van der Waals surface area contributed by atoms with Crippen molar-refractivity contribution >= 4 is 12.4 Å². The highest BCUT2D eigenvalue weighted by Gasteiger charge is 2.09. The normalized spacial score (nSPS) is 27.0. The molecule has 1 heterocycles. The molecule has 0 aromatic rings. The minimum Gasteiger partial charge on any atom is -0.395 e. The maximum Gasteiger partial charge on any atom is 0.0584 e. The maximum absolute atomic E-state index is 8.63. The van der Waals surface area contributed by atoms with Crippen LogP contribution in [0.5, 0.6) is 0 Å². The van der Waals surface area contributed by atoms with Gasteiger partial charge in [-0.3, -0.25) is 0 Å². The van der Waals surface area contributed by atoms with Crippen LogP contribution in [0, 0.1) is 0 Å². The summed E-state index contributed by atoms with van der Waals surface area (Å²) in [4.78, 5) is 0. The summed E-state index contributed by atoms with van der Waals surface area (Å²) in [5.41, 5.74) is 0. The van der Waals surface area contributed by atoms with Gasteiger partial charge in [-0.05, 0) is 19.4 Å². The van der Waals surface area contributed by atoms with Crippen molar-refractivity contribution in [3.8, 4) is 0 Å². The van der Waals surface area contributed by atoms with E-state index in [1.165, 1.54) is 12.8 Å². The predicted molar refractivity (Wildman–Crippen MR) is 40.0 cm³/mol. The van der Waals surface area contributed by atoms with Gasteiger partial charge >= 0.3 is 0 Å². The first-order chi connectivity index (χ1) is 3.93. The molecule has 1 unspecified atom stereocenters. The quantitative estimate of drug-likeness (QED) is 0.574. The van der Waals surface area contributed by atoms with Crippen LogP contribution in [0.15, 0.2) is 0 Å². The van der Waals surface area contributed by atoms with Gasteiger partial charge in [0, 0.05) is 6.04 Å². The van der Waals surface area contributed by atoms with Crippen molar-refractivity contribution < 1.29 is 5.11 Å². The van der Waals surface area contributed by atoms with Crippen LogP contribution in [0.2, 0.25) is 0 Å². The summed E-state index contributed by atoms with van der Waals surface area (Å²) in [5, 5.41) is 11.8. The van der Waals surface area contributed by atoms with Gasteiger partial charge in [0.25, 0.3) is 0 Å². The second-order valence-electron chi connectivity index (χ2n) is 2.33. The van der Waals surface area contributed by atoms with E-state index < -0.39 is 0 Å². The Hall–Kier alpha value is 0.210. The van der Waals surface area contributed by atoms with E-state index in [1.54, 1.807) is 0 Å². The number of aliphatic hydroxyl groups is 1. The van der Waals surface area contributed by atoms with Crippen molar-refractivity contribution in [1.82, 2.24) is 5.32 Å². The summed E-state index contributed by atoms with van der Waals surface area (Å²) in [6.45, 7) is 1.39. The van der Waals surface area contributed by atoms with Crippen molar-refractivity contribution in [2.24, 2.45) is 0 Å². The monoisotopic (exact) mass is 151 g/mol. The zero-order valence-corrected chi connectivity index (χ0v) is 6.28. The third kappa shape index (κ3) is 3.04. The van der Waals surface area contributed by atoms with Gasteiger partial charge < -0.3 is 10.4 Å². The first-order valence-corrected chi connectivity index (χ1v) is 3.27.